The van der Waals surface area contributed by atoms with E-state index in [-0.39, 0.29) is 29.9 Å². The zero-order chi connectivity index (χ0) is 42.5. The predicted molar refractivity (Wildman–Crippen MR) is 231 cm³/mol. The minimum absolute atomic E-state index is 0.0990. The Morgan fingerprint density at radius 1 is 0.738 bits per heavy atom. The van der Waals surface area contributed by atoms with E-state index in [1.807, 2.05) is 90.0 Å². The van der Waals surface area contributed by atoms with Crippen molar-refractivity contribution < 1.29 is 23.5 Å². The summed E-state index contributed by atoms with van der Waals surface area (Å²) in [7, 11) is 1.26. The van der Waals surface area contributed by atoms with Gasteiger partial charge in [-0.15, -0.1) is 0 Å². The molecule has 0 bridgehead atoms. The number of benzene rings is 4. The van der Waals surface area contributed by atoms with Crippen molar-refractivity contribution in [3.63, 3.8) is 0 Å². The van der Waals surface area contributed by atoms with Gasteiger partial charge in [-0.05, 0) is 78.7 Å². The molecule has 4 atom stereocenters. The molecule has 2 aromatic heterocycles. The van der Waals surface area contributed by atoms with Crippen LogP contribution in [0.3, 0.4) is 0 Å². The fraction of sp³-hybridized carbons (Fsp3) is 0.312. The average molecular weight is 823 g/mol. The number of rotatable bonds is 13. The highest BCUT2D eigenvalue weighted by Crippen LogP contribution is 2.37. The quantitative estimate of drug-likeness (QED) is 0.106. The number of carbonyl (C=O) groups is 3. The fourth-order valence-corrected chi connectivity index (χ4v) is 8.85. The number of aromatic amines is 2. The van der Waals surface area contributed by atoms with Gasteiger partial charge in [0.25, 0.3) is 5.91 Å². The number of hydrogen-bond donors (Lipinski definition) is 3. The van der Waals surface area contributed by atoms with Crippen LogP contribution in [0.4, 0.5) is 9.18 Å². The van der Waals surface area contributed by atoms with Crippen molar-refractivity contribution in [2.45, 2.75) is 63.7 Å². The number of carbonyl (C=O) groups excluding carboxylic acids is 3. The molecule has 2 aliphatic heterocycles. The van der Waals surface area contributed by atoms with Crippen LogP contribution in [0.15, 0.2) is 116 Å². The van der Waals surface area contributed by atoms with Gasteiger partial charge in [0, 0.05) is 18.7 Å². The molecule has 0 radical (unpaired) electrons. The van der Waals surface area contributed by atoms with Gasteiger partial charge in [0.05, 0.1) is 43.0 Å². The molecule has 2 fully saturated rings. The van der Waals surface area contributed by atoms with E-state index in [1.165, 1.54) is 13.2 Å². The first-order chi connectivity index (χ1) is 29.8. The third-order valence-electron chi connectivity index (χ3n) is 12.0. The van der Waals surface area contributed by atoms with Crippen molar-refractivity contribution >= 4 is 17.9 Å². The van der Waals surface area contributed by atoms with E-state index in [0.29, 0.717) is 42.2 Å². The first kappa shape index (κ1) is 41.1. The Balaban J connectivity index is 0.950. The van der Waals surface area contributed by atoms with Crippen LogP contribution in [0.1, 0.15) is 86.5 Å². The van der Waals surface area contributed by atoms with Crippen molar-refractivity contribution in [3.05, 3.63) is 144 Å². The van der Waals surface area contributed by atoms with Crippen molar-refractivity contribution in [1.29, 1.82) is 0 Å². The zero-order valence-corrected chi connectivity index (χ0v) is 34.7. The molecule has 3 N–H and O–H groups in total. The van der Waals surface area contributed by atoms with Gasteiger partial charge in [0.2, 0.25) is 5.91 Å². The molecule has 2 aliphatic rings. The molecule has 0 spiro atoms. The number of likely N-dealkylation sites (N-methyl/N-ethyl adjacent to an activating group) is 1. The number of aromatic nitrogens is 4. The zero-order valence-electron chi connectivity index (χ0n) is 34.7. The van der Waals surface area contributed by atoms with Crippen LogP contribution in [0.25, 0.3) is 33.6 Å². The van der Waals surface area contributed by atoms with Crippen LogP contribution in [0, 0.1) is 5.82 Å². The second-order valence-electron chi connectivity index (χ2n) is 15.5. The van der Waals surface area contributed by atoms with Crippen molar-refractivity contribution in [1.82, 2.24) is 40.0 Å². The minimum atomic E-state index is -0.934. The Hall–Kier alpha value is -6.60. The lowest BCUT2D eigenvalue weighted by molar-refractivity contribution is -0.138. The van der Waals surface area contributed by atoms with Crippen LogP contribution in [-0.2, 0) is 14.3 Å². The maximum atomic E-state index is 15.9. The molecular weight excluding hydrogens is 772 g/mol. The number of nitrogens with zero attached hydrogens (tertiary/aromatic N) is 5. The van der Waals surface area contributed by atoms with E-state index < -0.39 is 18.0 Å². The topological polar surface area (TPSA) is 140 Å². The fourth-order valence-electron chi connectivity index (χ4n) is 8.85. The number of likely N-dealkylation sites (tertiary alicyclic amines) is 2. The molecule has 3 amide bonds. The van der Waals surface area contributed by atoms with Gasteiger partial charge in [-0.3, -0.25) is 14.5 Å². The Kier molecular flexibility index (Phi) is 12.4. The lowest BCUT2D eigenvalue weighted by Gasteiger charge is -2.34. The number of amides is 3. The second kappa shape index (κ2) is 18.3. The molecule has 12 nitrogen and oxygen atoms in total. The highest BCUT2D eigenvalue weighted by atomic mass is 19.1. The SMILES string of the molecule is CCN(CC)C(C(=O)N1CCC[C@H]1c1ncc(-c2ccc(-c3ccc(-c4cnc([C@@H]5CCCN5C(=O)[C@H](NC(=O)OC)c5ccccc5)[nH]4)c(F)c3)cc2)[nH]1)c1ccccc1. The van der Waals surface area contributed by atoms with Gasteiger partial charge >= 0.3 is 6.09 Å². The number of H-pyrrole nitrogens is 2. The molecule has 4 aromatic carbocycles. The summed E-state index contributed by atoms with van der Waals surface area (Å²) < 4.78 is 20.7. The smallest absolute Gasteiger partial charge is 0.407 e. The largest absolute Gasteiger partial charge is 0.453 e. The normalized spacial score (nSPS) is 17.4. The minimum Gasteiger partial charge on any atom is -0.453 e. The summed E-state index contributed by atoms with van der Waals surface area (Å²) in [5.41, 5.74) is 5.85. The van der Waals surface area contributed by atoms with Gasteiger partial charge in [-0.25, -0.2) is 19.2 Å². The van der Waals surface area contributed by atoms with Crippen LogP contribution in [0.5, 0.6) is 0 Å². The molecule has 13 heteroatoms. The maximum absolute atomic E-state index is 15.9. The van der Waals surface area contributed by atoms with Crippen LogP contribution in [0.2, 0.25) is 0 Å². The predicted octanol–water partition coefficient (Wildman–Crippen LogP) is 8.78. The third kappa shape index (κ3) is 8.56. The lowest BCUT2D eigenvalue weighted by Crippen LogP contribution is -2.43. The molecule has 314 valence electrons. The van der Waals surface area contributed by atoms with E-state index in [4.69, 9.17) is 9.72 Å². The first-order valence-corrected chi connectivity index (χ1v) is 21.1. The van der Waals surface area contributed by atoms with Gasteiger partial charge < -0.3 is 29.8 Å². The summed E-state index contributed by atoms with van der Waals surface area (Å²) in [5, 5.41) is 2.68. The Labute approximate surface area is 355 Å². The number of alkyl carbamates (subject to hydrolysis) is 1. The first-order valence-electron chi connectivity index (χ1n) is 21.1. The van der Waals surface area contributed by atoms with Gasteiger partial charge in [-0.1, -0.05) is 105 Å². The molecular formula is C48H51FN8O4. The van der Waals surface area contributed by atoms with Gasteiger partial charge in [-0.2, -0.15) is 0 Å². The van der Waals surface area contributed by atoms with Crippen molar-refractivity contribution in [3.8, 4) is 33.6 Å². The molecule has 6 aromatic rings. The van der Waals surface area contributed by atoms with Crippen LogP contribution < -0.4 is 5.32 Å². The summed E-state index contributed by atoms with van der Waals surface area (Å²) in [6.45, 7) is 6.89. The molecule has 61 heavy (non-hydrogen) atoms. The number of ether oxygens (including phenoxy) is 1. The summed E-state index contributed by atoms with van der Waals surface area (Å²) in [6, 6.07) is 30.3. The molecule has 0 saturated carbocycles. The maximum Gasteiger partial charge on any atom is 0.407 e. The Morgan fingerprint density at radius 2 is 1.28 bits per heavy atom. The molecule has 1 unspecified atom stereocenters. The van der Waals surface area contributed by atoms with Crippen LogP contribution in [-0.4, -0.2) is 85.8 Å². The van der Waals surface area contributed by atoms with E-state index in [9.17, 15) is 14.4 Å². The Bertz CT molecular complexity index is 2450. The van der Waals surface area contributed by atoms with Gasteiger partial charge in [0.15, 0.2) is 0 Å². The lowest BCUT2D eigenvalue weighted by atomic mass is 10.0. The molecule has 2 saturated heterocycles. The van der Waals surface area contributed by atoms with Crippen LogP contribution >= 0.6 is 0 Å². The number of halogens is 1. The summed E-state index contributed by atoms with van der Waals surface area (Å²) >= 11 is 0. The van der Waals surface area contributed by atoms with E-state index in [1.54, 1.807) is 29.3 Å². The second-order valence-corrected chi connectivity index (χ2v) is 15.5. The number of nitrogens with one attached hydrogen (secondary N) is 3. The standard InChI is InChI=1S/C48H51FN8O4/c1-4-55(5-2)43(34-16-10-7-11-17-34)47(59)57-27-13-19-41(57)44-50-29-38(52-44)32-22-20-31(21-23-32)35-24-25-36(37(49)28-35)39-30-51-45(53-39)40-18-12-26-56(40)46(58)42(54-48(60)61-3)33-14-8-6-9-15-33/h6-11,14-17,20-25,28-30,40-43H,4-5,12-13,18-19,26-27H2,1-3H3,(H,50,52)(H,51,53)(H,54,60)/t40-,41-,42+,43?/m0/s1. The van der Waals surface area contributed by atoms with E-state index in [2.05, 4.69) is 39.0 Å². The van der Waals surface area contributed by atoms with Crippen molar-refractivity contribution in [2.75, 3.05) is 33.3 Å². The average Bonchev–Trinajstić information content (AvgIpc) is 4.15. The van der Waals surface area contributed by atoms with E-state index in [0.717, 1.165) is 66.1 Å². The summed E-state index contributed by atoms with van der Waals surface area (Å²) in [4.78, 5) is 62.4. The summed E-state index contributed by atoms with van der Waals surface area (Å²) in [5.74, 6) is 0.737. The number of imidazole rings is 2. The summed E-state index contributed by atoms with van der Waals surface area (Å²) in [6.07, 6.45) is 5.87. The van der Waals surface area contributed by atoms with Gasteiger partial charge in [0.1, 0.15) is 29.5 Å². The van der Waals surface area contributed by atoms with Crippen molar-refractivity contribution in [2.24, 2.45) is 0 Å². The highest BCUT2D eigenvalue weighted by Gasteiger charge is 2.39. The number of methoxy groups -OCH3 is 1. The monoisotopic (exact) mass is 822 g/mol. The molecule has 4 heterocycles. The molecule has 0 aliphatic carbocycles. The highest BCUT2D eigenvalue weighted by molar-refractivity contribution is 5.87. The molecule has 8 rings (SSSR count). The van der Waals surface area contributed by atoms with E-state index >= 15 is 4.39 Å². The Morgan fingerprint density at radius 3 is 1.87 bits per heavy atom. The number of hydrogen-bond acceptors (Lipinski definition) is 7. The third-order valence-corrected chi connectivity index (χ3v) is 12.0.